The third-order valence-corrected chi connectivity index (χ3v) is 6.57. The minimum absolute atomic E-state index is 0.196. The summed E-state index contributed by atoms with van der Waals surface area (Å²) in [5.41, 5.74) is 3.68. The zero-order valence-electron chi connectivity index (χ0n) is 19.1. The van der Waals surface area contributed by atoms with Crippen LogP contribution < -0.4 is 9.47 Å². The van der Waals surface area contributed by atoms with E-state index >= 15 is 0 Å². The molecule has 0 saturated heterocycles. The molecule has 2 aromatic carbocycles. The van der Waals surface area contributed by atoms with Gasteiger partial charge in [-0.2, -0.15) is 0 Å². The number of aromatic nitrogens is 1. The number of rotatable bonds is 6. The first-order valence-electron chi connectivity index (χ1n) is 10.9. The van der Waals surface area contributed by atoms with Gasteiger partial charge < -0.3 is 23.6 Å². The number of furan rings is 1. The van der Waals surface area contributed by atoms with E-state index in [4.69, 9.17) is 18.7 Å². The van der Waals surface area contributed by atoms with Gasteiger partial charge in [0.25, 0.3) is 0 Å². The van der Waals surface area contributed by atoms with Crippen LogP contribution >= 0.6 is 15.9 Å². The van der Waals surface area contributed by atoms with Gasteiger partial charge in [0.2, 0.25) is 5.88 Å². The summed E-state index contributed by atoms with van der Waals surface area (Å²) in [6, 6.07) is 19.6. The van der Waals surface area contributed by atoms with Crippen LogP contribution in [0.5, 0.6) is 11.6 Å². The van der Waals surface area contributed by atoms with Gasteiger partial charge >= 0.3 is 0 Å². The number of nitrogens with zero attached hydrogens (tertiary/aromatic N) is 3. The molecule has 3 heterocycles. The fourth-order valence-corrected chi connectivity index (χ4v) is 4.57. The molecule has 34 heavy (non-hydrogen) atoms. The Morgan fingerprint density at radius 2 is 1.82 bits per heavy atom. The van der Waals surface area contributed by atoms with Crippen molar-refractivity contribution in [2.45, 2.75) is 19.5 Å². The quantitative estimate of drug-likeness (QED) is 0.317. The van der Waals surface area contributed by atoms with Gasteiger partial charge in [-0.25, -0.2) is 4.98 Å². The number of halogens is 1. The first kappa shape index (κ1) is 22.3. The zero-order valence-corrected chi connectivity index (χ0v) is 20.7. The van der Waals surface area contributed by atoms with Crippen LogP contribution in [0.2, 0.25) is 0 Å². The van der Waals surface area contributed by atoms with Gasteiger partial charge in [0.1, 0.15) is 35.4 Å². The molecule has 174 valence electrons. The first-order valence-corrected chi connectivity index (χ1v) is 11.7. The predicted molar refractivity (Wildman–Crippen MR) is 133 cm³/mol. The standard InChI is InChI=1S/C26H24BrN3O4/c1-16-19-6-4-5-7-23(19)34-24(16)22-15-33-29-25(21-13-12-20(27)26(28-21)32-3)30(22)14-17-8-10-18(31-2)11-9-17/h4-13,22H,14-15H2,1-3H3. The van der Waals surface area contributed by atoms with Gasteiger partial charge in [-0.3, -0.25) is 0 Å². The summed E-state index contributed by atoms with van der Waals surface area (Å²) in [4.78, 5) is 12.6. The lowest BCUT2D eigenvalue weighted by Crippen LogP contribution is -2.41. The molecule has 1 unspecified atom stereocenters. The molecule has 0 N–H and O–H groups in total. The van der Waals surface area contributed by atoms with Crippen molar-refractivity contribution in [2.24, 2.45) is 5.16 Å². The normalized spacial score (nSPS) is 15.7. The minimum Gasteiger partial charge on any atom is -0.497 e. The van der Waals surface area contributed by atoms with Crippen molar-refractivity contribution in [2.75, 3.05) is 20.8 Å². The Bertz CT molecular complexity index is 1350. The Morgan fingerprint density at radius 1 is 1.03 bits per heavy atom. The highest BCUT2D eigenvalue weighted by Crippen LogP contribution is 2.36. The van der Waals surface area contributed by atoms with Crippen molar-refractivity contribution in [3.8, 4) is 11.6 Å². The van der Waals surface area contributed by atoms with Crippen molar-refractivity contribution in [3.63, 3.8) is 0 Å². The molecule has 0 bridgehead atoms. The Kier molecular flexibility index (Phi) is 6.15. The Labute approximate surface area is 206 Å². The van der Waals surface area contributed by atoms with E-state index in [9.17, 15) is 0 Å². The van der Waals surface area contributed by atoms with E-state index in [2.05, 4.69) is 44.0 Å². The number of benzene rings is 2. The van der Waals surface area contributed by atoms with Gasteiger partial charge in [-0.1, -0.05) is 35.5 Å². The molecule has 8 heteroatoms. The molecular formula is C26H24BrN3O4. The maximum atomic E-state index is 6.34. The molecule has 7 nitrogen and oxygen atoms in total. The number of aryl methyl sites for hydroxylation is 1. The highest BCUT2D eigenvalue weighted by molar-refractivity contribution is 9.10. The smallest absolute Gasteiger partial charge is 0.228 e. The number of pyridine rings is 1. The molecule has 1 atom stereocenters. The highest BCUT2D eigenvalue weighted by atomic mass is 79.9. The van der Waals surface area contributed by atoms with E-state index < -0.39 is 0 Å². The summed E-state index contributed by atoms with van der Waals surface area (Å²) in [5, 5.41) is 5.51. The van der Waals surface area contributed by atoms with Crippen molar-refractivity contribution >= 4 is 32.7 Å². The van der Waals surface area contributed by atoms with Crippen molar-refractivity contribution in [1.29, 1.82) is 0 Å². The Morgan fingerprint density at radius 3 is 2.56 bits per heavy atom. The summed E-state index contributed by atoms with van der Waals surface area (Å²) in [7, 11) is 3.25. The van der Waals surface area contributed by atoms with Crippen LogP contribution in [0.1, 0.15) is 28.6 Å². The number of methoxy groups -OCH3 is 2. The fraction of sp³-hybridized carbons (Fsp3) is 0.231. The van der Waals surface area contributed by atoms with Crippen LogP contribution in [0.25, 0.3) is 11.0 Å². The van der Waals surface area contributed by atoms with Crippen molar-refractivity contribution in [1.82, 2.24) is 9.88 Å². The largest absolute Gasteiger partial charge is 0.497 e. The molecule has 1 aliphatic heterocycles. The lowest BCUT2D eigenvalue weighted by Gasteiger charge is -2.35. The van der Waals surface area contributed by atoms with Crippen LogP contribution in [0, 0.1) is 6.92 Å². The summed E-state index contributed by atoms with van der Waals surface area (Å²) < 4.78 is 17.9. The molecule has 5 rings (SSSR count). The number of ether oxygens (including phenoxy) is 2. The van der Waals surface area contributed by atoms with E-state index in [0.29, 0.717) is 30.6 Å². The van der Waals surface area contributed by atoms with Crippen LogP contribution in [0.4, 0.5) is 0 Å². The molecule has 4 aromatic rings. The molecule has 0 radical (unpaired) electrons. The number of hydrogen-bond donors (Lipinski definition) is 0. The van der Waals surface area contributed by atoms with Crippen molar-refractivity contribution in [3.05, 3.63) is 87.7 Å². The van der Waals surface area contributed by atoms with Crippen LogP contribution in [-0.2, 0) is 11.4 Å². The number of fused-ring (bicyclic) bond motifs is 1. The maximum Gasteiger partial charge on any atom is 0.228 e. The first-order chi connectivity index (χ1) is 16.6. The predicted octanol–water partition coefficient (Wildman–Crippen LogP) is 5.85. The summed E-state index contributed by atoms with van der Waals surface area (Å²) in [6.45, 7) is 3.01. The SMILES string of the molecule is COc1ccc(CN2C(c3ccc(Br)c(OC)n3)=NOCC2c2oc3ccccc3c2C)cc1. The number of oxime groups is 1. The second kappa shape index (κ2) is 9.38. The topological polar surface area (TPSA) is 69.3 Å². The molecular weight excluding hydrogens is 498 g/mol. The molecule has 2 aromatic heterocycles. The molecule has 0 aliphatic carbocycles. The lowest BCUT2D eigenvalue weighted by molar-refractivity contribution is 0.0497. The van der Waals surface area contributed by atoms with Gasteiger partial charge in [0.05, 0.1) is 18.7 Å². The van der Waals surface area contributed by atoms with E-state index in [1.54, 1.807) is 14.2 Å². The Balaban J connectivity index is 1.59. The zero-order chi connectivity index (χ0) is 23.7. The van der Waals surface area contributed by atoms with E-state index in [0.717, 1.165) is 38.1 Å². The van der Waals surface area contributed by atoms with E-state index in [-0.39, 0.29) is 6.04 Å². The third kappa shape index (κ3) is 4.09. The van der Waals surface area contributed by atoms with Gasteiger partial charge in [-0.15, -0.1) is 0 Å². The third-order valence-electron chi connectivity index (χ3n) is 5.96. The number of amidine groups is 1. The Hall–Kier alpha value is -3.52. The van der Waals surface area contributed by atoms with Crippen LogP contribution in [0.3, 0.4) is 0 Å². The second-order valence-electron chi connectivity index (χ2n) is 7.98. The van der Waals surface area contributed by atoms with E-state index in [1.165, 1.54) is 0 Å². The van der Waals surface area contributed by atoms with Gasteiger partial charge in [0.15, 0.2) is 5.84 Å². The monoisotopic (exact) mass is 521 g/mol. The van der Waals surface area contributed by atoms with Crippen molar-refractivity contribution < 1.29 is 18.7 Å². The average molecular weight is 522 g/mol. The number of hydrogen-bond acceptors (Lipinski definition) is 7. The summed E-state index contributed by atoms with van der Waals surface area (Å²) >= 11 is 3.48. The average Bonchev–Trinajstić information content (AvgIpc) is 3.21. The maximum absolute atomic E-state index is 6.34. The lowest BCUT2D eigenvalue weighted by atomic mass is 10.0. The summed E-state index contributed by atoms with van der Waals surface area (Å²) in [5.74, 6) is 2.75. The van der Waals surface area contributed by atoms with E-state index in [1.807, 2.05) is 54.6 Å². The highest BCUT2D eigenvalue weighted by Gasteiger charge is 2.34. The summed E-state index contributed by atoms with van der Waals surface area (Å²) in [6.07, 6.45) is 0. The minimum atomic E-state index is -0.196. The van der Waals surface area contributed by atoms with Crippen LogP contribution in [-0.4, -0.2) is 36.5 Å². The van der Waals surface area contributed by atoms with Crippen LogP contribution in [0.15, 0.2) is 74.7 Å². The molecule has 1 aliphatic rings. The fourth-order valence-electron chi connectivity index (χ4n) is 4.19. The van der Waals surface area contributed by atoms with Gasteiger partial charge in [0, 0.05) is 17.5 Å². The molecule has 0 saturated carbocycles. The molecule has 0 amide bonds. The van der Waals surface area contributed by atoms with Gasteiger partial charge in [-0.05, 0) is 58.7 Å². The second-order valence-corrected chi connectivity index (χ2v) is 8.83. The molecule has 0 spiro atoms. The molecule has 0 fully saturated rings. The number of para-hydroxylation sites is 1.